The standard InChI is InChI=1S/C32H34N6O4/c1-41-31-8-4-14-33-29(31)19-25(39)17-23-10-12-27(37-35-23)21-6-3-7-22(16-21)28-13-11-24(36-38-28)18-26(40)20-30-32(42-2)9-5-15-34-30/h4-5,8-15,21-22H,3,6-7,16-20H2,1-2H3/t21-,22-/m0/s1. The van der Waals surface area contributed by atoms with Crippen molar-refractivity contribution in [1.29, 1.82) is 0 Å². The van der Waals surface area contributed by atoms with Crippen molar-refractivity contribution in [3.05, 3.63) is 95.1 Å². The number of rotatable bonds is 12. The van der Waals surface area contributed by atoms with Crippen LogP contribution in [0.3, 0.4) is 0 Å². The zero-order chi connectivity index (χ0) is 29.3. The summed E-state index contributed by atoms with van der Waals surface area (Å²) < 4.78 is 10.6. The second-order valence-electron chi connectivity index (χ2n) is 10.5. The van der Waals surface area contributed by atoms with Crippen LogP contribution >= 0.6 is 0 Å². The molecule has 10 heteroatoms. The molecule has 0 aliphatic heterocycles. The average Bonchev–Trinajstić information content (AvgIpc) is 3.02. The van der Waals surface area contributed by atoms with Crippen LogP contribution in [0.2, 0.25) is 0 Å². The maximum Gasteiger partial charge on any atom is 0.144 e. The van der Waals surface area contributed by atoms with E-state index < -0.39 is 0 Å². The van der Waals surface area contributed by atoms with Gasteiger partial charge in [0.2, 0.25) is 0 Å². The van der Waals surface area contributed by atoms with Gasteiger partial charge in [0, 0.05) is 24.2 Å². The molecule has 0 radical (unpaired) electrons. The predicted molar refractivity (Wildman–Crippen MR) is 154 cm³/mol. The Labute approximate surface area is 245 Å². The first-order chi connectivity index (χ1) is 20.5. The summed E-state index contributed by atoms with van der Waals surface area (Å²) >= 11 is 0. The van der Waals surface area contributed by atoms with Gasteiger partial charge >= 0.3 is 0 Å². The summed E-state index contributed by atoms with van der Waals surface area (Å²) in [4.78, 5) is 33.8. The van der Waals surface area contributed by atoms with Gasteiger partial charge in [-0.1, -0.05) is 6.42 Å². The topological polar surface area (TPSA) is 130 Å². The van der Waals surface area contributed by atoms with Gasteiger partial charge in [-0.25, -0.2) is 0 Å². The lowest BCUT2D eigenvalue weighted by Crippen LogP contribution is -2.17. The number of carbonyl (C=O) groups excluding carboxylic acids is 2. The maximum absolute atomic E-state index is 12.6. The third-order valence-corrected chi connectivity index (χ3v) is 7.61. The highest BCUT2D eigenvalue weighted by Crippen LogP contribution is 2.39. The third kappa shape index (κ3) is 7.37. The number of aromatic nitrogens is 6. The second kappa shape index (κ2) is 13.8. The van der Waals surface area contributed by atoms with E-state index >= 15 is 0 Å². The molecule has 1 aliphatic carbocycles. The zero-order valence-corrected chi connectivity index (χ0v) is 23.9. The number of hydrogen-bond acceptors (Lipinski definition) is 10. The van der Waals surface area contributed by atoms with Gasteiger partial charge in [-0.3, -0.25) is 19.6 Å². The summed E-state index contributed by atoms with van der Waals surface area (Å²) in [6, 6.07) is 14.9. The Hall–Kier alpha value is -4.60. The second-order valence-corrected chi connectivity index (χ2v) is 10.5. The molecule has 1 aliphatic rings. The highest BCUT2D eigenvalue weighted by atomic mass is 16.5. The van der Waals surface area contributed by atoms with Crippen LogP contribution in [0.5, 0.6) is 11.5 Å². The molecule has 2 atom stereocenters. The van der Waals surface area contributed by atoms with E-state index in [1.54, 1.807) is 50.9 Å². The minimum absolute atomic E-state index is 0.00644. The van der Waals surface area contributed by atoms with Crippen molar-refractivity contribution >= 4 is 11.6 Å². The third-order valence-electron chi connectivity index (χ3n) is 7.61. The van der Waals surface area contributed by atoms with Crippen molar-refractivity contribution in [2.75, 3.05) is 14.2 Å². The van der Waals surface area contributed by atoms with Crippen LogP contribution in [0.15, 0.2) is 60.9 Å². The van der Waals surface area contributed by atoms with Crippen LogP contribution in [-0.2, 0) is 35.3 Å². The first-order valence-corrected chi connectivity index (χ1v) is 14.2. The van der Waals surface area contributed by atoms with Crippen LogP contribution in [-0.4, -0.2) is 56.1 Å². The number of nitrogens with zero attached hydrogens (tertiary/aromatic N) is 6. The highest BCUT2D eigenvalue weighted by Gasteiger charge is 2.27. The Bertz CT molecular complexity index is 1400. The van der Waals surface area contributed by atoms with Gasteiger partial charge in [-0.05, 0) is 67.8 Å². The molecule has 0 unspecified atom stereocenters. The molecule has 0 amide bonds. The highest BCUT2D eigenvalue weighted by molar-refractivity contribution is 5.83. The Kier molecular flexibility index (Phi) is 9.53. The molecule has 1 saturated carbocycles. The Balaban J connectivity index is 1.14. The smallest absolute Gasteiger partial charge is 0.144 e. The van der Waals surface area contributed by atoms with Crippen LogP contribution in [0.4, 0.5) is 0 Å². The number of methoxy groups -OCH3 is 2. The number of Topliss-reactive ketones (excluding diaryl/α,β-unsaturated/α-hetero) is 2. The lowest BCUT2D eigenvalue weighted by Gasteiger charge is -2.28. The molecule has 4 heterocycles. The normalized spacial score (nSPS) is 16.5. The van der Waals surface area contributed by atoms with E-state index in [2.05, 4.69) is 30.4 Å². The molecule has 0 spiro atoms. The van der Waals surface area contributed by atoms with E-state index in [0.29, 0.717) is 34.3 Å². The van der Waals surface area contributed by atoms with E-state index in [-0.39, 0.29) is 49.1 Å². The number of carbonyl (C=O) groups is 2. The number of ketones is 2. The average molecular weight is 567 g/mol. The van der Waals surface area contributed by atoms with Gasteiger partial charge in [0.25, 0.3) is 0 Å². The summed E-state index contributed by atoms with van der Waals surface area (Å²) in [7, 11) is 3.14. The quantitative estimate of drug-likeness (QED) is 0.246. The SMILES string of the molecule is COc1cccnc1CC(=O)Cc1ccc([C@H]2CCC[C@H](c3ccc(CC(=O)Cc4ncccc4OC)nn3)C2)nn1. The lowest BCUT2D eigenvalue weighted by molar-refractivity contribution is -0.118. The molecule has 42 heavy (non-hydrogen) atoms. The van der Waals surface area contributed by atoms with Gasteiger partial charge in [-0.2, -0.15) is 20.4 Å². The lowest BCUT2D eigenvalue weighted by atomic mass is 9.78. The van der Waals surface area contributed by atoms with Crippen LogP contribution < -0.4 is 9.47 Å². The first kappa shape index (κ1) is 28.9. The zero-order valence-electron chi connectivity index (χ0n) is 23.9. The van der Waals surface area contributed by atoms with E-state index in [9.17, 15) is 9.59 Å². The van der Waals surface area contributed by atoms with Gasteiger partial charge in [0.15, 0.2) is 0 Å². The fourth-order valence-electron chi connectivity index (χ4n) is 5.48. The van der Waals surface area contributed by atoms with E-state index in [4.69, 9.17) is 9.47 Å². The molecule has 1 fully saturated rings. The van der Waals surface area contributed by atoms with E-state index in [1.807, 2.05) is 24.3 Å². The van der Waals surface area contributed by atoms with Gasteiger partial charge in [0.05, 0.1) is 74.1 Å². The molecular formula is C32H34N6O4. The fraction of sp³-hybridized carbons (Fsp3) is 0.375. The summed E-state index contributed by atoms with van der Waals surface area (Å²) in [5, 5.41) is 17.7. The van der Waals surface area contributed by atoms with Crippen molar-refractivity contribution in [1.82, 2.24) is 30.4 Å². The minimum Gasteiger partial charge on any atom is -0.495 e. The summed E-state index contributed by atoms with van der Waals surface area (Å²) in [5.74, 6) is 1.74. The number of pyridine rings is 2. The Morgan fingerprint density at radius 3 is 1.55 bits per heavy atom. The van der Waals surface area contributed by atoms with Crippen molar-refractivity contribution in [2.24, 2.45) is 0 Å². The molecule has 10 nitrogen and oxygen atoms in total. The summed E-state index contributed by atoms with van der Waals surface area (Å²) in [6.45, 7) is 0. The van der Waals surface area contributed by atoms with E-state index in [0.717, 1.165) is 37.1 Å². The van der Waals surface area contributed by atoms with Crippen LogP contribution in [0.25, 0.3) is 0 Å². The summed E-state index contributed by atoms with van der Waals surface area (Å²) in [5.41, 5.74) is 4.39. The van der Waals surface area contributed by atoms with Crippen molar-refractivity contribution < 1.29 is 19.1 Å². The number of hydrogen-bond donors (Lipinski definition) is 0. The van der Waals surface area contributed by atoms with Crippen molar-refractivity contribution in [2.45, 2.75) is 63.2 Å². The fourth-order valence-corrected chi connectivity index (χ4v) is 5.48. The summed E-state index contributed by atoms with van der Waals surface area (Å²) in [6.07, 6.45) is 8.08. The molecular weight excluding hydrogens is 532 g/mol. The van der Waals surface area contributed by atoms with Crippen LogP contribution in [0, 0.1) is 0 Å². The van der Waals surface area contributed by atoms with Crippen molar-refractivity contribution in [3.63, 3.8) is 0 Å². The first-order valence-electron chi connectivity index (χ1n) is 14.2. The van der Waals surface area contributed by atoms with Crippen LogP contribution in [0.1, 0.15) is 71.7 Å². The Morgan fingerprint density at radius 1 is 0.667 bits per heavy atom. The van der Waals surface area contributed by atoms with Gasteiger partial charge in [-0.15, -0.1) is 0 Å². The minimum atomic E-state index is 0.00644. The van der Waals surface area contributed by atoms with Crippen molar-refractivity contribution in [3.8, 4) is 11.5 Å². The Morgan fingerprint density at radius 2 is 1.14 bits per heavy atom. The molecule has 4 aromatic heterocycles. The molecule has 0 aromatic carbocycles. The molecule has 5 rings (SSSR count). The molecule has 0 saturated heterocycles. The number of ether oxygens (including phenoxy) is 2. The monoisotopic (exact) mass is 566 g/mol. The maximum atomic E-state index is 12.6. The molecule has 216 valence electrons. The van der Waals surface area contributed by atoms with Gasteiger partial charge in [0.1, 0.15) is 23.1 Å². The predicted octanol–water partition coefficient (Wildman–Crippen LogP) is 4.22. The van der Waals surface area contributed by atoms with E-state index in [1.165, 1.54) is 0 Å². The molecule has 0 bridgehead atoms. The molecule has 4 aromatic rings. The largest absolute Gasteiger partial charge is 0.495 e. The van der Waals surface area contributed by atoms with Gasteiger partial charge < -0.3 is 9.47 Å². The molecule has 0 N–H and O–H groups in total.